The lowest BCUT2D eigenvalue weighted by Crippen LogP contribution is -2.41. The minimum Gasteiger partial charge on any atom is -0.396 e. The van der Waals surface area contributed by atoms with Crippen molar-refractivity contribution in [3.8, 4) is 0 Å². The van der Waals surface area contributed by atoms with Crippen molar-refractivity contribution in [2.24, 2.45) is 24.4 Å². The maximum Gasteiger partial charge on any atom is 0.277 e. The molecule has 3 heterocycles. The van der Waals surface area contributed by atoms with Crippen LogP contribution in [0, 0.1) is 5.92 Å². The normalized spacial score (nSPS) is 12.1. The second-order valence-corrected chi connectivity index (χ2v) is 12.3. The van der Waals surface area contributed by atoms with Crippen LogP contribution in [0.4, 0.5) is 5.82 Å². The average molecular weight is 615 g/mol. The minimum absolute atomic E-state index is 0.0996. The van der Waals surface area contributed by atoms with Gasteiger partial charge in [-0.05, 0) is 56.1 Å². The molecule has 3 aromatic heterocycles. The number of fused-ring (bicyclic) bond motifs is 1. The molecule has 13 heteroatoms. The fraction of sp³-hybridized carbons (Fsp3) is 0.567. The zero-order chi connectivity index (χ0) is 31.4. The van der Waals surface area contributed by atoms with Crippen molar-refractivity contribution in [2.45, 2.75) is 76.4 Å². The first-order valence-electron chi connectivity index (χ1n) is 14.9. The van der Waals surface area contributed by atoms with Crippen molar-refractivity contribution in [3.05, 3.63) is 46.1 Å². The SMILES string of the molecule is CC(C)Cc1nn(C)c(=O)c2c(SCCCO)n(Cc3ccc(NCCCCCNC(=O)[C@@H](N)CCC(N)=O)nc3)cc12. The summed E-state index contributed by atoms with van der Waals surface area (Å²) >= 11 is 1.59. The van der Waals surface area contributed by atoms with Crippen molar-refractivity contribution in [1.29, 1.82) is 0 Å². The Kier molecular flexibility index (Phi) is 13.5. The number of hydrogen-bond donors (Lipinski definition) is 5. The van der Waals surface area contributed by atoms with Gasteiger partial charge in [-0.3, -0.25) is 14.4 Å². The number of aryl methyl sites for hydroxylation is 1. The predicted molar refractivity (Wildman–Crippen MR) is 171 cm³/mol. The van der Waals surface area contributed by atoms with Crippen LogP contribution in [0.15, 0.2) is 34.3 Å². The number of unbranched alkanes of at least 4 members (excludes halogenated alkanes) is 2. The molecule has 0 bridgehead atoms. The highest BCUT2D eigenvalue weighted by molar-refractivity contribution is 7.99. The molecule has 0 saturated heterocycles. The van der Waals surface area contributed by atoms with Crippen molar-refractivity contribution < 1.29 is 14.7 Å². The third-order valence-electron chi connectivity index (χ3n) is 6.94. The molecule has 0 aromatic carbocycles. The first kappa shape index (κ1) is 34.1. The number of amides is 2. The van der Waals surface area contributed by atoms with Crippen LogP contribution in [0.2, 0.25) is 0 Å². The maximum absolute atomic E-state index is 13.2. The van der Waals surface area contributed by atoms with Gasteiger partial charge < -0.3 is 31.8 Å². The van der Waals surface area contributed by atoms with E-state index in [9.17, 15) is 19.5 Å². The van der Waals surface area contributed by atoms with Gasteiger partial charge in [-0.15, -0.1) is 11.8 Å². The standard InChI is InChI=1S/C30H46N8O4S/c1-20(2)16-24-22-19-38(30(43-15-7-14-39)27(22)29(42)37(3)36-24)18-21-8-11-26(35-17-21)33-12-5-4-6-13-34-28(41)23(31)9-10-25(32)40/h8,11,17,19-20,23,39H,4-7,9-10,12-16,18,31H2,1-3H3,(H2,32,40)(H,33,35)(H,34,41)/t23-/m0/s1. The van der Waals surface area contributed by atoms with Gasteiger partial charge in [0.1, 0.15) is 5.82 Å². The number of aliphatic hydroxyl groups excluding tert-OH is 1. The minimum atomic E-state index is -0.719. The highest BCUT2D eigenvalue weighted by Gasteiger charge is 2.20. The Balaban J connectivity index is 1.56. The molecule has 43 heavy (non-hydrogen) atoms. The molecule has 1 atom stereocenters. The van der Waals surface area contributed by atoms with Crippen LogP contribution in [0.25, 0.3) is 10.8 Å². The van der Waals surface area contributed by atoms with Gasteiger partial charge >= 0.3 is 0 Å². The summed E-state index contributed by atoms with van der Waals surface area (Å²) in [4.78, 5) is 40.5. The van der Waals surface area contributed by atoms with E-state index >= 15 is 0 Å². The fourth-order valence-corrected chi connectivity index (χ4v) is 5.77. The van der Waals surface area contributed by atoms with Gasteiger partial charge in [0.05, 0.1) is 22.1 Å². The molecule has 0 radical (unpaired) electrons. The van der Waals surface area contributed by atoms with E-state index in [0.717, 1.165) is 59.7 Å². The Morgan fingerprint density at radius 3 is 2.58 bits per heavy atom. The molecular formula is C30H46N8O4S. The number of aliphatic hydroxyl groups is 1. The van der Waals surface area contributed by atoms with E-state index in [1.807, 2.05) is 24.5 Å². The van der Waals surface area contributed by atoms with Crippen LogP contribution in [0.5, 0.6) is 0 Å². The zero-order valence-electron chi connectivity index (χ0n) is 25.5. The number of nitrogens with zero attached hydrogens (tertiary/aromatic N) is 4. The Hall–Kier alpha value is -3.42. The molecule has 3 rings (SSSR count). The van der Waals surface area contributed by atoms with Crippen LogP contribution in [-0.4, -0.2) is 67.7 Å². The van der Waals surface area contributed by atoms with Crippen LogP contribution >= 0.6 is 11.8 Å². The number of pyridine rings is 1. The number of primary amides is 1. The van der Waals surface area contributed by atoms with Crippen molar-refractivity contribution in [1.82, 2.24) is 24.6 Å². The summed E-state index contributed by atoms with van der Waals surface area (Å²) in [6, 6.07) is 3.27. The van der Waals surface area contributed by atoms with Crippen LogP contribution in [0.1, 0.15) is 63.6 Å². The van der Waals surface area contributed by atoms with Gasteiger partial charge in [-0.2, -0.15) is 5.10 Å². The monoisotopic (exact) mass is 614 g/mol. The van der Waals surface area contributed by atoms with Crippen molar-refractivity contribution in [3.63, 3.8) is 0 Å². The van der Waals surface area contributed by atoms with E-state index in [4.69, 9.17) is 11.5 Å². The molecule has 0 aliphatic rings. The van der Waals surface area contributed by atoms with Gasteiger partial charge in [-0.25, -0.2) is 9.67 Å². The van der Waals surface area contributed by atoms with Crippen molar-refractivity contribution >= 4 is 40.2 Å². The summed E-state index contributed by atoms with van der Waals surface area (Å²) in [5.74, 6) is 1.16. The smallest absolute Gasteiger partial charge is 0.277 e. The van der Waals surface area contributed by atoms with E-state index in [1.54, 1.807) is 18.8 Å². The Labute approximate surface area is 257 Å². The van der Waals surface area contributed by atoms with Gasteiger partial charge in [0.25, 0.3) is 5.56 Å². The number of hydrogen-bond acceptors (Lipinski definition) is 9. The van der Waals surface area contributed by atoms with Crippen LogP contribution in [0.3, 0.4) is 0 Å². The lowest BCUT2D eigenvalue weighted by atomic mass is 10.1. The Morgan fingerprint density at radius 1 is 1.14 bits per heavy atom. The summed E-state index contributed by atoms with van der Waals surface area (Å²) in [5, 5.41) is 22.5. The quantitative estimate of drug-likeness (QED) is 0.0997. The maximum atomic E-state index is 13.2. The molecule has 2 amide bonds. The zero-order valence-corrected chi connectivity index (χ0v) is 26.3. The topological polar surface area (TPSA) is 183 Å². The lowest BCUT2D eigenvalue weighted by Gasteiger charge is -2.11. The van der Waals surface area contributed by atoms with Crippen LogP contribution in [-0.2, 0) is 29.6 Å². The second-order valence-electron chi connectivity index (χ2n) is 11.2. The molecule has 0 fully saturated rings. The third-order valence-corrected chi connectivity index (χ3v) is 8.14. The molecule has 7 N–H and O–H groups in total. The van der Waals surface area contributed by atoms with E-state index < -0.39 is 11.9 Å². The summed E-state index contributed by atoms with van der Waals surface area (Å²) in [6.45, 7) is 6.23. The number of carbonyl (C=O) groups is 2. The first-order valence-corrected chi connectivity index (χ1v) is 15.9. The summed E-state index contributed by atoms with van der Waals surface area (Å²) in [6.07, 6.45) is 8.31. The van der Waals surface area contributed by atoms with E-state index in [2.05, 4.69) is 39.1 Å². The molecule has 12 nitrogen and oxygen atoms in total. The summed E-state index contributed by atoms with van der Waals surface area (Å²) < 4.78 is 3.54. The second kappa shape index (κ2) is 17.0. The molecule has 0 aliphatic carbocycles. The molecular weight excluding hydrogens is 568 g/mol. The number of nitrogens with two attached hydrogens (primary N) is 2. The molecule has 236 valence electrons. The molecule has 0 saturated carbocycles. The average Bonchev–Trinajstić information content (AvgIpc) is 3.32. The Bertz CT molecular complexity index is 1400. The van der Waals surface area contributed by atoms with E-state index in [0.29, 0.717) is 36.6 Å². The van der Waals surface area contributed by atoms with E-state index in [1.165, 1.54) is 4.68 Å². The number of nitrogens with one attached hydrogen (secondary N) is 2. The van der Waals surface area contributed by atoms with Gasteiger partial charge in [0.15, 0.2) is 0 Å². The van der Waals surface area contributed by atoms with E-state index in [-0.39, 0.29) is 30.9 Å². The summed E-state index contributed by atoms with van der Waals surface area (Å²) in [7, 11) is 1.70. The molecule has 3 aromatic rings. The third kappa shape index (κ3) is 10.4. The number of carbonyl (C=O) groups excluding carboxylic acids is 2. The fourth-order valence-electron chi connectivity index (χ4n) is 4.68. The number of thioether (sulfide) groups is 1. The van der Waals surface area contributed by atoms with Crippen LogP contribution < -0.4 is 27.7 Å². The largest absolute Gasteiger partial charge is 0.396 e. The number of anilines is 1. The molecule has 0 aliphatic heterocycles. The number of aromatic nitrogens is 4. The highest BCUT2D eigenvalue weighted by Crippen LogP contribution is 2.31. The Morgan fingerprint density at radius 2 is 1.91 bits per heavy atom. The number of rotatable bonds is 19. The summed E-state index contributed by atoms with van der Waals surface area (Å²) in [5.41, 5.74) is 12.7. The van der Waals surface area contributed by atoms with Gasteiger partial charge in [0.2, 0.25) is 11.8 Å². The molecule has 0 spiro atoms. The first-order chi connectivity index (χ1) is 20.6. The van der Waals surface area contributed by atoms with Gasteiger partial charge in [0, 0.05) is 63.2 Å². The van der Waals surface area contributed by atoms with Crippen molar-refractivity contribution in [2.75, 3.05) is 30.8 Å². The predicted octanol–water partition coefficient (Wildman–Crippen LogP) is 2.14. The highest BCUT2D eigenvalue weighted by atomic mass is 32.2. The lowest BCUT2D eigenvalue weighted by molar-refractivity contribution is -0.122. The molecule has 0 unspecified atom stereocenters. The van der Waals surface area contributed by atoms with Gasteiger partial charge in [-0.1, -0.05) is 19.9 Å².